The van der Waals surface area contributed by atoms with Crippen molar-refractivity contribution in [3.63, 3.8) is 0 Å². The smallest absolute Gasteiger partial charge is 0.192 e. The van der Waals surface area contributed by atoms with Crippen LogP contribution in [0.25, 0.3) is 0 Å². The molecule has 2 rings (SSSR count). The molecule has 5 heteroatoms. The van der Waals surface area contributed by atoms with E-state index in [0.29, 0.717) is 18.3 Å². The predicted molar refractivity (Wildman–Crippen MR) is 70.9 cm³/mol. The number of rotatable bonds is 4. The number of Topliss-reactive ketones (excluding diaryl/α,β-unsaturated/α-hetero) is 1. The Hall–Kier alpha value is -0.840. The summed E-state index contributed by atoms with van der Waals surface area (Å²) in [5, 5.41) is 3.33. The molecule has 1 saturated heterocycles. The van der Waals surface area contributed by atoms with Crippen LogP contribution in [0.5, 0.6) is 0 Å². The minimum absolute atomic E-state index is 0. The van der Waals surface area contributed by atoms with Crippen LogP contribution in [0.2, 0.25) is 0 Å². The molecule has 0 spiro atoms. The van der Waals surface area contributed by atoms with E-state index in [-0.39, 0.29) is 18.2 Å². The molecule has 0 saturated carbocycles. The van der Waals surface area contributed by atoms with E-state index in [9.17, 15) is 4.79 Å². The molecule has 0 atom stereocenters. The number of nitrogens with one attached hydrogen (secondary N) is 2. The molecule has 1 aliphatic heterocycles. The average Bonchev–Trinajstić information content (AvgIpc) is 2.83. The molecule has 1 aromatic heterocycles. The van der Waals surface area contributed by atoms with Gasteiger partial charge in [-0.1, -0.05) is 0 Å². The minimum atomic E-state index is 0. The number of carbonyl (C=O) groups is 1. The maximum atomic E-state index is 11.9. The molecule has 17 heavy (non-hydrogen) atoms. The fourth-order valence-corrected chi connectivity index (χ4v) is 2.19. The standard InChI is InChI=1S/C12H19N3O.ClH/c1-15(10-4-7-13-8-5-10)9-12(16)11-3-2-6-14-11;/h2-3,6,10,13-14H,4-5,7-9H2,1H3;1H. The van der Waals surface area contributed by atoms with E-state index in [4.69, 9.17) is 0 Å². The van der Waals surface area contributed by atoms with E-state index in [2.05, 4.69) is 15.2 Å². The van der Waals surface area contributed by atoms with Crippen LogP contribution >= 0.6 is 12.4 Å². The zero-order chi connectivity index (χ0) is 11.4. The Morgan fingerprint density at radius 2 is 2.18 bits per heavy atom. The summed E-state index contributed by atoms with van der Waals surface area (Å²) in [6.07, 6.45) is 4.06. The molecule has 0 aromatic carbocycles. The largest absolute Gasteiger partial charge is 0.359 e. The number of halogens is 1. The van der Waals surface area contributed by atoms with Gasteiger partial charge in [0.05, 0.1) is 12.2 Å². The van der Waals surface area contributed by atoms with E-state index in [1.54, 1.807) is 6.20 Å². The molecule has 4 nitrogen and oxygen atoms in total. The summed E-state index contributed by atoms with van der Waals surface area (Å²) in [5.41, 5.74) is 0.709. The number of hydrogen-bond acceptors (Lipinski definition) is 3. The second-order valence-corrected chi connectivity index (χ2v) is 4.40. The maximum Gasteiger partial charge on any atom is 0.192 e. The Morgan fingerprint density at radius 1 is 1.47 bits per heavy atom. The Balaban J connectivity index is 0.00000144. The molecule has 0 aliphatic carbocycles. The van der Waals surface area contributed by atoms with E-state index in [1.165, 1.54) is 0 Å². The number of H-pyrrole nitrogens is 1. The van der Waals surface area contributed by atoms with Gasteiger partial charge in [0.25, 0.3) is 0 Å². The van der Waals surface area contributed by atoms with Crippen LogP contribution < -0.4 is 5.32 Å². The third-order valence-electron chi connectivity index (χ3n) is 3.22. The second-order valence-electron chi connectivity index (χ2n) is 4.40. The topological polar surface area (TPSA) is 48.1 Å². The predicted octanol–water partition coefficient (Wildman–Crippen LogP) is 1.30. The second kappa shape index (κ2) is 6.79. The van der Waals surface area contributed by atoms with Crippen molar-refractivity contribution in [3.05, 3.63) is 24.0 Å². The van der Waals surface area contributed by atoms with Crippen molar-refractivity contribution >= 4 is 18.2 Å². The molecular formula is C12H20ClN3O. The highest BCUT2D eigenvalue weighted by Gasteiger charge is 2.20. The van der Waals surface area contributed by atoms with Gasteiger partial charge in [0.1, 0.15) is 0 Å². The van der Waals surface area contributed by atoms with E-state index < -0.39 is 0 Å². The number of piperidine rings is 1. The molecule has 1 aliphatic rings. The van der Waals surface area contributed by atoms with Gasteiger partial charge in [0, 0.05) is 12.2 Å². The van der Waals surface area contributed by atoms with Crippen LogP contribution in [-0.4, -0.2) is 48.4 Å². The third-order valence-corrected chi connectivity index (χ3v) is 3.22. The molecular weight excluding hydrogens is 238 g/mol. The number of nitrogens with zero attached hydrogens (tertiary/aromatic N) is 1. The van der Waals surface area contributed by atoms with E-state index in [1.807, 2.05) is 19.2 Å². The van der Waals surface area contributed by atoms with Crippen LogP contribution in [0.1, 0.15) is 23.3 Å². The van der Waals surface area contributed by atoms with Gasteiger partial charge < -0.3 is 10.3 Å². The fourth-order valence-electron chi connectivity index (χ4n) is 2.19. The summed E-state index contributed by atoms with van der Waals surface area (Å²) in [5.74, 6) is 0.172. The summed E-state index contributed by atoms with van der Waals surface area (Å²) in [7, 11) is 2.04. The molecule has 0 amide bonds. The number of likely N-dealkylation sites (N-methyl/N-ethyl adjacent to an activating group) is 1. The molecule has 96 valence electrons. The lowest BCUT2D eigenvalue weighted by Crippen LogP contribution is -2.43. The van der Waals surface area contributed by atoms with Gasteiger partial charge in [-0.05, 0) is 45.1 Å². The number of aromatic amines is 1. The first-order valence-electron chi connectivity index (χ1n) is 5.85. The first-order chi connectivity index (χ1) is 7.77. The van der Waals surface area contributed by atoms with Crippen molar-refractivity contribution in [3.8, 4) is 0 Å². The van der Waals surface area contributed by atoms with E-state index in [0.717, 1.165) is 25.9 Å². The average molecular weight is 258 g/mol. The molecule has 1 fully saturated rings. The van der Waals surface area contributed by atoms with Crippen LogP contribution in [0.4, 0.5) is 0 Å². The van der Waals surface area contributed by atoms with Gasteiger partial charge in [-0.15, -0.1) is 12.4 Å². The van der Waals surface area contributed by atoms with Crippen molar-refractivity contribution in [1.29, 1.82) is 0 Å². The minimum Gasteiger partial charge on any atom is -0.359 e. The highest BCUT2D eigenvalue weighted by atomic mass is 35.5. The summed E-state index contributed by atoms with van der Waals surface area (Å²) in [4.78, 5) is 17.0. The van der Waals surface area contributed by atoms with Crippen LogP contribution in [-0.2, 0) is 0 Å². The zero-order valence-electron chi connectivity index (χ0n) is 10.1. The van der Waals surface area contributed by atoms with Gasteiger partial charge in [0.15, 0.2) is 5.78 Å². The Bertz CT molecular complexity index is 334. The molecule has 0 bridgehead atoms. The fraction of sp³-hybridized carbons (Fsp3) is 0.583. The summed E-state index contributed by atoms with van der Waals surface area (Å²) in [6.45, 7) is 2.63. The number of hydrogen-bond donors (Lipinski definition) is 2. The number of carbonyl (C=O) groups excluding carboxylic acids is 1. The zero-order valence-corrected chi connectivity index (χ0v) is 10.9. The molecule has 1 aromatic rings. The van der Waals surface area contributed by atoms with Crippen molar-refractivity contribution in [2.75, 3.05) is 26.7 Å². The monoisotopic (exact) mass is 257 g/mol. The summed E-state index contributed by atoms with van der Waals surface area (Å²) < 4.78 is 0. The third kappa shape index (κ3) is 3.84. The lowest BCUT2D eigenvalue weighted by atomic mass is 10.1. The van der Waals surface area contributed by atoms with Crippen LogP contribution in [0.3, 0.4) is 0 Å². The lowest BCUT2D eigenvalue weighted by Gasteiger charge is -2.30. The Morgan fingerprint density at radius 3 is 2.76 bits per heavy atom. The first kappa shape index (κ1) is 14.2. The van der Waals surface area contributed by atoms with Gasteiger partial charge in [-0.2, -0.15) is 0 Å². The van der Waals surface area contributed by atoms with Gasteiger partial charge >= 0.3 is 0 Å². The highest BCUT2D eigenvalue weighted by molar-refractivity contribution is 5.95. The van der Waals surface area contributed by atoms with Crippen LogP contribution in [0, 0.1) is 0 Å². The highest BCUT2D eigenvalue weighted by Crippen LogP contribution is 2.10. The van der Waals surface area contributed by atoms with Crippen molar-refractivity contribution in [1.82, 2.24) is 15.2 Å². The Labute approximate surface area is 108 Å². The lowest BCUT2D eigenvalue weighted by molar-refractivity contribution is 0.0899. The number of ketones is 1. The molecule has 0 unspecified atom stereocenters. The SMILES string of the molecule is CN(CC(=O)c1ccc[nH]1)C1CCNCC1.Cl. The first-order valence-corrected chi connectivity index (χ1v) is 5.85. The normalized spacial score (nSPS) is 16.8. The van der Waals surface area contributed by atoms with Crippen molar-refractivity contribution in [2.45, 2.75) is 18.9 Å². The molecule has 2 N–H and O–H groups in total. The van der Waals surface area contributed by atoms with Crippen molar-refractivity contribution < 1.29 is 4.79 Å². The van der Waals surface area contributed by atoms with Gasteiger partial charge in [0.2, 0.25) is 0 Å². The maximum absolute atomic E-state index is 11.9. The van der Waals surface area contributed by atoms with Crippen LogP contribution in [0.15, 0.2) is 18.3 Å². The van der Waals surface area contributed by atoms with Crippen molar-refractivity contribution in [2.24, 2.45) is 0 Å². The quantitative estimate of drug-likeness (QED) is 0.800. The molecule has 0 radical (unpaired) electrons. The molecule has 2 heterocycles. The number of aromatic nitrogens is 1. The van der Waals surface area contributed by atoms with Gasteiger partial charge in [-0.25, -0.2) is 0 Å². The Kier molecular flexibility index (Phi) is 5.68. The van der Waals surface area contributed by atoms with Gasteiger partial charge in [-0.3, -0.25) is 9.69 Å². The summed E-state index contributed by atoms with van der Waals surface area (Å²) >= 11 is 0. The van der Waals surface area contributed by atoms with E-state index >= 15 is 0 Å². The summed E-state index contributed by atoms with van der Waals surface area (Å²) in [6, 6.07) is 4.23.